The fourth-order valence-corrected chi connectivity index (χ4v) is 2.41. The predicted octanol–water partition coefficient (Wildman–Crippen LogP) is 3.30. The van der Waals surface area contributed by atoms with Crippen LogP contribution in [0.5, 0.6) is 5.88 Å². The van der Waals surface area contributed by atoms with Gasteiger partial charge in [0.25, 0.3) is 0 Å². The highest BCUT2D eigenvalue weighted by Crippen LogP contribution is 2.21. The van der Waals surface area contributed by atoms with E-state index in [0.29, 0.717) is 12.5 Å². The number of nitrogens with zero attached hydrogens (tertiary/aromatic N) is 1. The second kappa shape index (κ2) is 7.54. The van der Waals surface area contributed by atoms with Crippen LogP contribution in [-0.2, 0) is 20.9 Å². The second-order valence-corrected chi connectivity index (χ2v) is 5.23. The van der Waals surface area contributed by atoms with E-state index in [1.54, 1.807) is 22.9 Å². The lowest BCUT2D eigenvalue weighted by molar-refractivity contribution is -0.134. The second-order valence-electron chi connectivity index (χ2n) is 5.23. The van der Waals surface area contributed by atoms with Gasteiger partial charge >= 0.3 is 5.97 Å². The first-order valence-corrected chi connectivity index (χ1v) is 7.24. The molecule has 0 saturated heterocycles. The van der Waals surface area contributed by atoms with Crippen LogP contribution >= 0.6 is 0 Å². The van der Waals surface area contributed by atoms with E-state index in [2.05, 4.69) is 32.0 Å². The van der Waals surface area contributed by atoms with Gasteiger partial charge in [-0.3, -0.25) is 4.57 Å². The molecule has 0 aliphatic heterocycles. The molecule has 5 heteroatoms. The third-order valence-electron chi connectivity index (χ3n) is 3.26. The van der Waals surface area contributed by atoms with Crippen molar-refractivity contribution < 1.29 is 19.0 Å². The summed E-state index contributed by atoms with van der Waals surface area (Å²) in [7, 11) is 2.80. The van der Waals surface area contributed by atoms with Gasteiger partial charge in [0.2, 0.25) is 0 Å². The van der Waals surface area contributed by atoms with Crippen LogP contribution in [0.2, 0.25) is 0 Å². The highest BCUT2D eigenvalue weighted by atomic mass is 16.5. The lowest BCUT2D eigenvalue weighted by Crippen LogP contribution is -2.12. The Labute approximate surface area is 136 Å². The van der Waals surface area contributed by atoms with E-state index < -0.39 is 5.97 Å². The molecule has 2 rings (SSSR count). The highest BCUT2D eigenvalue weighted by Gasteiger charge is 2.16. The molecule has 0 aliphatic rings. The summed E-state index contributed by atoms with van der Waals surface area (Å²) < 4.78 is 17.2. The average Bonchev–Trinajstić information content (AvgIpc) is 2.97. The summed E-state index contributed by atoms with van der Waals surface area (Å²) in [6, 6.07) is 9.85. The van der Waals surface area contributed by atoms with Gasteiger partial charge in [-0.1, -0.05) is 29.3 Å². The Morgan fingerprint density at radius 1 is 1.17 bits per heavy atom. The van der Waals surface area contributed by atoms with Crippen LogP contribution in [0.15, 0.2) is 42.8 Å². The minimum atomic E-state index is -0.501. The first kappa shape index (κ1) is 16.7. The van der Waals surface area contributed by atoms with Crippen LogP contribution < -0.4 is 4.74 Å². The number of hydrogen-bond donors (Lipinski definition) is 0. The maximum Gasteiger partial charge on any atom is 0.358 e. The lowest BCUT2D eigenvalue weighted by atomic mass is 10.1. The number of benzene rings is 1. The van der Waals surface area contributed by atoms with Crippen molar-refractivity contribution in [3.8, 4) is 5.88 Å². The van der Waals surface area contributed by atoms with Gasteiger partial charge in [-0.15, -0.1) is 0 Å². The Kier molecular flexibility index (Phi) is 5.46. The zero-order chi connectivity index (χ0) is 16.8. The summed E-state index contributed by atoms with van der Waals surface area (Å²) in [5.74, 6) is 0.0390. The van der Waals surface area contributed by atoms with Crippen LogP contribution in [0, 0.1) is 13.8 Å². The van der Waals surface area contributed by atoms with Gasteiger partial charge in [-0.05, 0) is 25.5 Å². The molecule has 2 aromatic rings. The summed E-state index contributed by atoms with van der Waals surface area (Å²) >= 11 is 0. The molecule has 0 spiro atoms. The van der Waals surface area contributed by atoms with Crippen molar-refractivity contribution in [2.45, 2.75) is 20.5 Å². The molecule has 1 aromatic carbocycles. The van der Waals surface area contributed by atoms with Crippen LogP contribution in [0.4, 0.5) is 0 Å². The maximum atomic E-state index is 11.9. The van der Waals surface area contributed by atoms with E-state index in [9.17, 15) is 4.79 Å². The van der Waals surface area contributed by atoms with Crippen LogP contribution in [0.1, 0.15) is 16.7 Å². The average molecular weight is 315 g/mol. The molecule has 1 heterocycles. The number of esters is 1. The zero-order valence-electron chi connectivity index (χ0n) is 13.8. The van der Waals surface area contributed by atoms with Gasteiger partial charge in [0.05, 0.1) is 14.2 Å². The van der Waals surface area contributed by atoms with Gasteiger partial charge in [0.1, 0.15) is 12.9 Å². The Bertz CT molecular complexity index is 695. The monoisotopic (exact) mass is 315 g/mol. The number of rotatable bonds is 6. The van der Waals surface area contributed by atoms with Gasteiger partial charge in [0, 0.05) is 12.3 Å². The predicted molar refractivity (Wildman–Crippen MR) is 88.0 cm³/mol. The fourth-order valence-electron chi connectivity index (χ4n) is 2.41. The Hall–Kier alpha value is -2.69. The van der Waals surface area contributed by atoms with Crippen LogP contribution in [-0.4, -0.2) is 24.8 Å². The smallest absolute Gasteiger partial charge is 0.358 e. The van der Waals surface area contributed by atoms with Gasteiger partial charge in [-0.25, -0.2) is 4.79 Å². The number of carbonyl (C=O) groups excluding carboxylic acids is 1. The van der Waals surface area contributed by atoms with Gasteiger partial charge in [-0.2, -0.15) is 0 Å². The highest BCUT2D eigenvalue weighted by molar-refractivity contribution is 6.09. The minimum absolute atomic E-state index is 0.246. The van der Waals surface area contributed by atoms with Crippen molar-refractivity contribution >= 4 is 11.7 Å². The minimum Gasteiger partial charge on any atom is -0.502 e. The largest absolute Gasteiger partial charge is 0.502 e. The number of carbonyl (C=O) groups is 1. The Morgan fingerprint density at radius 2 is 1.87 bits per heavy atom. The number of methoxy groups -OCH3 is 2. The topological polar surface area (TPSA) is 49.7 Å². The van der Waals surface area contributed by atoms with E-state index in [0.717, 1.165) is 5.56 Å². The van der Waals surface area contributed by atoms with Gasteiger partial charge in [0.15, 0.2) is 11.6 Å². The van der Waals surface area contributed by atoms with Gasteiger partial charge < -0.3 is 14.2 Å². The third-order valence-corrected chi connectivity index (χ3v) is 3.26. The van der Waals surface area contributed by atoms with E-state index in [1.165, 1.54) is 31.6 Å². The lowest BCUT2D eigenvalue weighted by Gasteiger charge is -2.13. The molecule has 0 atom stereocenters. The third kappa shape index (κ3) is 4.16. The van der Waals surface area contributed by atoms with E-state index in [1.807, 2.05) is 0 Å². The molecule has 5 nitrogen and oxygen atoms in total. The molecule has 0 N–H and O–H groups in total. The SMILES string of the molecule is COC=C(C(=O)OC)n1cccc1OCc1cc(C)cc(C)c1. The molecule has 0 amide bonds. The summed E-state index contributed by atoms with van der Waals surface area (Å²) in [4.78, 5) is 11.9. The zero-order valence-corrected chi connectivity index (χ0v) is 13.8. The number of aryl methyl sites for hydroxylation is 2. The van der Waals surface area contributed by atoms with E-state index >= 15 is 0 Å². The molecule has 0 unspecified atom stereocenters. The molecular weight excluding hydrogens is 294 g/mol. The summed E-state index contributed by atoms with van der Waals surface area (Å²) in [5.41, 5.74) is 3.70. The Balaban J connectivity index is 2.20. The van der Waals surface area contributed by atoms with Crippen molar-refractivity contribution in [2.75, 3.05) is 14.2 Å². The standard InChI is InChI=1S/C18H21NO4/c1-13-8-14(2)10-15(9-13)11-23-17-6-5-7-19(17)16(12-21-3)18(20)22-4/h5-10,12H,11H2,1-4H3. The molecular formula is C18H21NO4. The molecule has 0 saturated carbocycles. The first-order chi connectivity index (χ1) is 11.0. The molecule has 1 aromatic heterocycles. The number of ether oxygens (including phenoxy) is 3. The molecule has 0 fully saturated rings. The molecule has 23 heavy (non-hydrogen) atoms. The van der Waals surface area contributed by atoms with Crippen molar-refractivity contribution in [2.24, 2.45) is 0 Å². The van der Waals surface area contributed by atoms with E-state index in [4.69, 9.17) is 14.2 Å². The summed E-state index contributed by atoms with van der Waals surface area (Å²) in [6.45, 7) is 4.51. The first-order valence-electron chi connectivity index (χ1n) is 7.24. The van der Waals surface area contributed by atoms with Crippen molar-refractivity contribution in [3.63, 3.8) is 0 Å². The quantitative estimate of drug-likeness (QED) is 0.466. The molecule has 0 bridgehead atoms. The Morgan fingerprint density at radius 3 is 2.48 bits per heavy atom. The van der Waals surface area contributed by atoms with Crippen molar-refractivity contribution in [3.05, 3.63) is 59.5 Å². The molecule has 122 valence electrons. The molecule has 0 radical (unpaired) electrons. The van der Waals surface area contributed by atoms with Crippen LogP contribution in [0.3, 0.4) is 0 Å². The normalized spacial score (nSPS) is 11.2. The van der Waals surface area contributed by atoms with Crippen molar-refractivity contribution in [1.82, 2.24) is 4.57 Å². The summed E-state index contributed by atoms with van der Waals surface area (Å²) in [6.07, 6.45) is 3.05. The number of aromatic nitrogens is 1. The fraction of sp³-hybridized carbons (Fsp3) is 0.278. The maximum absolute atomic E-state index is 11.9. The summed E-state index contributed by atoms with van der Waals surface area (Å²) in [5, 5.41) is 0. The van der Waals surface area contributed by atoms with E-state index in [-0.39, 0.29) is 5.70 Å². The van der Waals surface area contributed by atoms with Crippen molar-refractivity contribution in [1.29, 1.82) is 0 Å². The molecule has 0 aliphatic carbocycles. The number of hydrogen-bond acceptors (Lipinski definition) is 4. The van der Waals surface area contributed by atoms with Crippen LogP contribution in [0.25, 0.3) is 5.70 Å².